The molecule has 0 aliphatic carbocycles. The molecule has 0 unspecified atom stereocenters. The number of rotatable bonds is 2. The zero-order chi connectivity index (χ0) is 15.6. The number of aryl methyl sites for hydroxylation is 1. The molecule has 4 rings (SSSR count). The lowest BCUT2D eigenvalue weighted by Gasteiger charge is -2.15. The van der Waals surface area contributed by atoms with Crippen LogP contribution in [0.4, 0.5) is 0 Å². The summed E-state index contributed by atoms with van der Waals surface area (Å²) in [4.78, 5) is 0. The fourth-order valence-electron chi connectivity index (χ4n) is 3.21. The molecule has 4 aromatic rings. The molecule has 0 bridgehead atoms. The van der Waals surface area contributed by atoms with Crippen molar-refractivity contribution >= 4 is 10.8 Å². The topological polar surface area (TPSA) is 0 Å². The van der Waals surface area contributed by atoms with Crippen LogP contribution in [0.5, 0.6) is 0 Å². The maximum absolute atomic E-state index is 3.63. The van der Waals surface area contributed by atoms with Gasteiger partial charge in [-0.25, -0.2) is 0 Å². The van der Waals surface area contributed by atoms with Crippen LogP contribution in [-0.2, 0) is 0 Å². The number of fused-ring (bicyclic) bond motifs is 1. The number of hydrogen-bond donors (Lipinski definition) is 0. The van der Waals surface area contributed by atoms with E-state index in [1.807, 2.05) is 0 Å². The lowest BCUT2D eigenvalue weighted by molar-refractivity contribution is 1.50. The van der Waals surface area contributed by atoms with Gasteiger partial charge in [0.1, 0.15) is 0 Å². The fourth-order valence-corrected chi connectivity index (χ4v) is 3.21. The van der Waals surface area contributed by atoms with Gasteiger partial charge in [-0.1, -0.05) is 84.9 Å². The van der Waals surface area contributed by atoms with Gasteiger partial charge in [0, 0.05) is 0 Å². The highest BCUT2D eigenvalue weighted by molar-refractivity contribution is 6.05. The van der Waals surface area contributed by atoms with E-state index in [-0.39, 0.29) is 0 Å². The Hall–Kier alpha value is -2.86. The summed E-state index contributed by atoms with van der Waals surface area (Å²) in [5, 5.41) is 2.56. The van der Waals surface area contributed by atoms with Gasteiger partial charge in [-0.3, -0.25) is 0 Å². The molecule has 4 aromatic carbocycles. The molecule has 0 saturated carbocycles. The average molecular weight is 293 g/mol. The quantitative estimate of drug-likeness (QED) is 0.408. The molecule has 0 atom stereocenters. The van der Waals surface area contributed by atoms with Crippen molar-refractivity contribution < 1.29 is 0 Å². The Labute approximate surface area is 137 Å². The van der Waals surface area contributed by atoms with Gasteiger partial charge in [0.15, 0.2) is 0 Å². The number of hydrogen-bond acceptors (Lipinski definition) is 0. The second-order valence-electron chi connectivity index (χ2n) is 5.78. The first-order chi connectivity index (χ1) is 11.3. The van der Waals surface area contributed by atoms with Crippen molar-refractivity contribution in [3.63, 3.8) is 0 Å². The first-order valence-corrected chi connectivity index (χ1v) is 7.90. The van der Waals surface area contributed by atoms with Gasteiger partial charge in [0.05, 0.1) is 0 Å². The first kappa shape index (κ1) is 13.8. The summed E-state index contributed by atoms with van der Waals surface area (Å²) >= 11 is 0. The maximum Gasteiger partial charge on any atom is -0.00174 e. The summed E-state index contributed by atoms with van der Waals surface area (Å²) in [5.74, 6) is 0. The molecule has 0 spiro atoms. The predicted molar refractivity (Wildman–Crippen MR) is 98.4 cm³/mol. The summed E-state index contributed by atoms with van der Waals surface area (Å²) in [7, 11) is 0. The van der Waals surface area contributed by atoms with Crippen molar-refractivity contribution in [3.05, 3.63) is 96.6 Å². The van der Waals surface area contributed by atoms with Gasteiger partial charge in [0.2, 0.25) is 0 Å². The summed E-state index contributed by atoms with van der Waals surface area (Å²) in [6.45, 7) is 2.14. The van der Waals surface area contributed by atoms with E-state index >= 15 is 0 Å². The lowest BCUT2D eigenvalue weighted by Crippen LogP contribution is -1.91. The van der Waals surface area contributed by atoms with Crippen LogP contribution >= 0.6 is 0 Å². The second-order valence-corrected chi connectivity index (χ2v) is 5.78. The van der Waals surface area contributed by atoms with Crippen LogP contribution in [0.2, 0.25) is 0 Å². The molecule has 0 heterocycles. The maximum atomic E-state index is 3.63. The zero-order valence-electron chi connectivity index (χ0n) is 13.1. The van der Waals surface area contributed by atoms with Crippen LogP contribution in [0, 0.1) is 13.0 Å². The monoisotopic (exact) mass is 293 g/mol. The first-order valence-electron chi connectivity index (χ1n) is 7.90. The van der Waals surface area contributed by atoms with Gasteiger partial charge in [0.25, 0.3) is 0 Å². The Morgan fingerprint density at radius 1 is 0.565 bits per heavy atom. The third-order valence-corrected chi connectivity index (χ3v) is 4.29. The molecule has 0 heteroatoms. The molecular formula is C23H17. The summed E-state index contributed by atoms with van der Waals surface area (Å²) < 4.78 is 0. The molecule has 0 amide bonds. The minimum absolute atomic E-state index is 1.17. The Bertz CT molecular complexity index is 951. The van der Waals surface area contributed by atoms with E-state index < -0.39 is 0 Å². The van der Waals surface area contributed by atoms with Crippen molar-refractivity contribution in [1.82, 2.24) is 0 Å². The molecule has 0 aliphatic heterocycles. The van der Waals surface area contributed by atoms with Crippen molar-refractivity contribution in [2.75, 3.05) is 0 Å². The SMILES string of the molecule is Cc1[c]c(-c2ccccc2)c(-c2ccccc2)c2ccccc12. The van der Waals surface area contributed by atoms with Crippen LogP contribution in [-0.4, -0.2) is 0 Å². The average Bonchev–Trinajstić information content (AvgIpc) is 2.63. The van der Waals surface area contributed by atoms with E-state index in [1.165, 1.54) is 38.6 Å². The highest BCUT2D eigenvalue weighted by Crippen LogP contribution is 2.39. The standard InChI is InChI=1S/C23H17/c1-17-16-22(18-10-4-2-5-11-18)23(19-12-6-3-7-13-19)21-15-9-8-14-20(17)21/h2-15H,1H3. The second kappa shape index (κ2) is 5.73. The van der Waals surface area contributed by atoms with Gasteiger partial charge < -0.3 is 0 Å². The molecule has 109 valence electrons. The van der Waals surface area contributed by atoms with E-state index in [9.17, 15) is 0 Å². The van der Waals surface area contributed by atoms with Gasteiger partial charge in [-0.15, -0.1) is 0 Å². The van der Waals surface area contributed by atoms with Crippen LogP contribution in [0.15, 0.2) is 84.9 Å². The molecule has 0 saturated heterocycles. The van der Waals surface area contributed by atoms with E-state index in [0.29, 0.717) is 0 Å². The molecular weight excluding hydrogens is 276 g/mol. The molecule has 23 heavy (non-hydrogen) atoms. The molecule has 1 radical (unpaired) electrons. The molecule has 0 fully saturated rings. The summed E-state index contributed by atoms with van der Waals surface area (Å²) in [6, 6.07) is 33.4. The minimum atomic E-state index is 1.17. The Morgan fingerprint density at radius 2 is 1.09 bits per heavy atom. The van der Waals surface area contributed by atoms with E-state index in [1.54, 1.807) is 0 Å². The molecule has 0 N–H and O–H groups in total. The number of benzene rings is 4. The highest BCUT2D eigenvalue weighted by atomic mass is 14.2. The molecule has 0 aromatic heterocycles. The highest BCUT2D eigenvalue weighted by Gasteiger charge is 2.13. The Morgan fingerprint density at radius 3 is 1.74 bits per heavy atom. The summed E-state index contributed by atoms with van der Waals surface area (Å²) in [5.41, 5.74) is 6.07. The molecule has 0 nitrogen and oxygen atoms in total. The van der Waals surface area contributed by atoms with E-state index in [4.69, 9.17) is 0 Å². The van der Waals surface area contributed by atoms with Crippen molar-refractivity contribution in [1.29, 1.82) is 0 Å². The van der Waals surface area contributed by atoms with Gasteiger partial charge in [-0.2, -0.15) is 0 Å². The third-order valence-electron chi connectivity index (χ3n) is 4.29. The van der Waals surface area contributed by atoms with Gasteiger partial charge >= 0.3 is 0 Å². The van der Waals surface area contributed by atoms with Crippen molar-refractivity contribution in [2.24, 2.45) is 0 Å². The van der Waals surface area contributed by atoms with Crippen molar-refractivity contribution in [2.45, 2.75) is 6.92 Å². The van der Waals surface area contributed by atoms with Crippen LogP contribution in [0.1, 0.15) is 5.56 Å². The Kier molecular flexibility index (Phi) is 3.44. The minimum Gasteiger partial charge on any atom is -0.0622 e. The van der Waals surface area contributed by atoms with E-state index in [2.05, 4.69) is 97.9 Å². The summed E-state index contributed by atoms with van der Waals surface area (Å²) in [6.07, 6.45) is 0. The molecule has 0 aliphatic rings. The van der Waals surface area contributed by atoms with Gasteiger partial charge in [-0.05, 0) is 51.6 Å². The third kappa shape index (κ3) is 2.43. The smallest absolute Gasteiger partial charge is 0.00174 e. The van der Waals surface area contributed by atoms with Crippen LogP contribution < -0.4 is 0 Å². The zero-order valence-corrected chi connectivity index (χ0v) is 13.1. The van der Waals surface area contributed by atoms with Crippen LogP contribution in [0.25, 0.3) is 33.0 Å². The predicted octanol–water partition coefficient (Wildman–Crippen LogP) is 6.28. The van der Waals surface area contributed by atoms with E-state index in [0.717, 1.165) is 0 Å². The van der Waals surface area contributed by atoms with Crippen LogP contribution in [0.3, 0.4) is 0 Å². The normalized spacial score (nSPS) is 10.8. The largest absolute Gasteiger partial charge is 0.0622 e. The lowest BCUT2D eigenvalue weighted by atomic mass is 9.88. The van der Waals surface area contributed by atoms with Crippen molar-refractivity contribution in [3.8, 4) is 22.3 Å². The Balaban J connectivity index is 2.14. The fraction of sp³-hybridized carbons (Fsp3) is 0.0435.